The number of carboxylic acid groups (broad SMARTS) is 1. The summed E-state index contributed by atoms with van der Waals surface area (Å²) >= 11 is 0. The second-order valence-corrected chi connectivity index (χ2v) is 3.59. The molecule has 0 spiro atoms. The average Bonchev–Trinajstić information content (AvgIpc) is 2.26. The number of anilines is 2. The van der Waals surface area contributed by atoms with Crippen LogP contribution in [0.15, 0.2) is 36.4 Å². The minimum absolute atomic E-state index is 0.509. The lowest BCUT2D eigenvalue weighted by Crippen LogP contribution is -2.20. The lowest BCUT2D eigenvalue weighted by molar-refractivity contribution is -0.297. The Labute approximate surface area is 99.4 Å². The molecule has 0 saturated heterocycles. The molecule has 0 bridgehead atoms. The highest BCUT2D eigenvalue weighted by molar-refractivity contribution is 6.02. The predicted octanol–water partition coefficient (Wildman–Crippen LogP) is -0.00280. The molecule has 0 aromatic heterocycles. The fourth-order valence-corrected chi connectivity index (χ4v) is 1.19. The summed E-state index contributed by atoms with van der Waals surface area (Å²) in [6, 6.07) is 7.20. The molecule has 90 valence electrons. The normalized spacial score (nSPS) is 10.2. The van der Waals surface area contributed by atoms with Gasteiger partial charge in [0.2, 0.25) is 5.91 Å². The van der Waals surface area contributed by atoms with Gasteiger partial charge in [-0.1, -0.05) is 6.07 Å². The number of carbonyl (C=O) groups is 2. The van der Waals surface area contributed by atoms with Gasteiger partial charge in [0.1, 0.15) is 0 Å². The van der Waals surface area contributed by atoms with Gasteiger partial charge in [0.25, 0.3) is 0 Å². The second-order valence-electron chi connectivity index (χ2n) is 3.59. The summed E-state index contributed by atoms with van der Waals surface area (Å²) in [5, 5.41) is 12.7. The molecule has 0 aliphatic carbocycles. The summed E-state index contributed by atoms with van der Waals surface area (Å²) in [6.45, 7) is 0. The molecule has 0 aliphatic heterocycles. The summed E-state index contributed by atoms with van der Waals surface area (Å²) in [4.78, 5) is 23.3. The summed E-state index contributed by atoms with van der Waals surface area (Å²) in [5.74, 6) is -1.91. The maximum Gasteiger partial charge on any atom is 0.248 e. The molecule has 0 heterocycles. The van der Waals surface area contributed by atoms with Crippen LogP contribution in [0.1, 0.15) is 0 Å². The predicted molar refractivity (Wildman–Crippen MR) is 63.5 cm³/mol. The highest BCUT2D eigenvalue weighted by Gasteiger charge is 2.00. The van der Waals surface area contributed by atoms with Crippen molar-refractivity contribution in [1.29, 1.82) is 0 Å². The fourth-order valence-electron chi connectivity index (χ4n) is 1.19. The number of carboxylic acids is 1. The summed E-state index contributed by atoms with van der Waals surface area (Å²) in [5.41, 5.74) is 1.54. The van der Waals surface area contributed by atoms with Crippen molar-refractivity contribution in [3.63, 3.8) is 0 Å². The van der Waals surface area contributed by atoms with E-state index in [2.05, 4.69) is 5.32 Å². The van der Waals surface area contributed by atoms with Gasteiger partial charge in [0.05, 0.1) is 5.97 Å². The molecule has 0 aliphatic rings. The van der Waals surface area contributed by atoms with Crippen molar-refractivity contribution >= 4 is 23.3 Å². The Kier molecular flexibility index (Phi) is 4.28. The van der Waals surface area contributed by atoms with E-state index in [1.165, 1.54) is 0 Å². The van der Waals surface area contributed by atoms with E-state index in [0.29, 0.717) is 11.8 Å². The topological polar surface area (TPSA) is 72.5 Å². The Hall–Kier alpha value is -2.30. The summed E-state index contributed by atoms with van der Waals surface area (Å²) in [7, 11) is 3.77. The average molecular weight is 233 g/mol. The zero-order valence-corrected chi connectivity index (χ0v) is 9.64. The van der Waals surface area contributed by atoms with E-state index in [1.807, 2.05) is 25.1 Å². The van der Waals surface area contributed by atoms with Crippen molar-refractivity contribution in [1.82, 2.24) is 0 Å². The van der Waals surface area contributed by atoms with E-state index in [9.17, 15) is 14.7 Å². The number of nitrogens with zero attached hydrogens (tertiary/aromatic N) is 1. The molecule has 0 atom stereocenters. The number of hydrogen-bond donors (Lipinski definition) is 1. The first-order chi connectivity index (χ1) is 7.99. The maximum absolute atomic E-state index is 11.3. The van der Waals surface area contributed by atoms with Crippen LogP contribution in [0.5, 0.6) is 0 Å². The monoisotopic (exact) mass is 233 g/mol. The maximum atomic E-state index is 11.3. The number of carbonyl (C=O) groups excluding carboxylic acids is 2. The fraction of sp³-hybridized carbons (Fsp3) is 0.167. The molecular formula is C12H13N2O3-. The van der Waals surface area contributed by atoms with Gasteiger partial charge in [0.15, 0.2) is 0 Å². The van der Waals surface area contributed by atoms with Crippen molar-refractivity contribution in [2.24, 2.45) is 0 Å². The third-order valence-electron chi connectivity index (χ3n) is 2.00. The molecule has 1 rings (SSSR count). The van der Waals surface area contributed by atoms with Gasteiger partial charge >= 0.3 is 0 Å². The van der Waals surface area contributed by atoms with Crippen LogP contribution in [0.4, 0.5) is 11.4 Å². The minimum Gasteiger partial charge on any atom is -0.545 e. The van der Waals surface area contributed by atoms with Gasteiger partial charge in [-0.05, 0) is 24.3 Å². The molecule has 5 heteroatoms. The number of hydrogen-bond acceptors (Lipinski definition) is 4. The van der Waals surface area contributed by atoms with Crippen LogP contribution in [0.25, 0.3) is 0 Å². The van der Waals surface area contributed by atoms with Crippen LogP contribution in [-0.4, -0.2) is 26.0 Å². The Bertz CT molecular complexity index is 453. The number of aliphatic carboxylic acids is 1. The first-order valence-electron chi connectivity index (χ1n) is 4.96. The van der Waals surface area contributed by atoms with Crippen molar-refractivity contribution in [3.05, 3.63) is 36.4 Å². The van der Waals surface area contributed by atoms with Crippen molar-refractivity contribution in [3.8, 4) is 0 Å². The van der Waals surface area contributed by atoms with E-state index in [1.54, 1.807) is 18.2 Å². The van der Waals surface area contributed by atoms with Gasteiger partial charge < -0.3 is 20.1 Å². The molecular weight excluding hydrogens is 220 g/mol. The zero-order chi connectivity index (χ0) is 12.8. The van der Waals surface area contributed by atoms with Crippen molar-refractivity contribution < 1.29 is 14.7 Å². The van der Waals surface area contributed by atoms with Crippen molar-refractivity contribution in [2.75, 3.05) is 24.3 Å². The molecule has 17 heavy (non-hydrogen) atoms. The van der Waals surface area contributed by atoms with Gasteiger partial charge in [-0.25, -0.2) is 0 Å². The Morgan fingerprint density at radius 1 is 1.29 bits per heavy atom. The van der Waals surface area contributed by atoms with Crippen LogP contribution in [0.3, 0.4) is 0 Å². The van der Waals surface area contributed by atoms with Crippen LogP contribution >= 0.6 is 0 Å². The van der Waals surface area contributed by atoms with Gasteiger partial charge in [-0.15, -0.1) is 0 Å². The standard InChI is InChI=1S/C12H14N2O3/c1-14(2)10-5-3-4-9(8-10)13-11(15)6-7-12(16)17/h3-8H,1-2H3,(H,13,15)(H,16,17)/p-1. The van der Waals surface area contributed by atoms with Crippen molar-refractivity contribution in [2.45, 2.75) is 0 Å². The molecule has 1 N–H and O–H groups in total. The van der Waals surface area contributed by atoms with Crippen LogP contribution in [0.2, 0.25) is 0 Å². The molecule has 1 aromatic carbocycles. The largest absolute Gasteiger partial charge is 0.545 e. The highest BCUT2D eigenvalue weighted by atomic mass is 16.4. The van der Waals surface area contributed by atoms with Gasteiger partial charge in [0, 0.05) is 31.5 Å². The zero-order valence-electron chi connectivity index (χ0n) is 9.64. The van der Waals surface area contributed by atoms with Gasteiger partial charge in [-0.3, -0.25) is 4.79 Å². The lowest BCUT2D eigenvalue weighted by atomic mass is 10.2. The molecule has 1 aromatic rings. The van der Waals surface area contributed by atoms with E-state index < -0.39 is 11.9 Å². The molecule has 0 unspecified atom stereocenters. The number of amides is 1. The molecule has 5 nitrogen and oxygen atoms in total. The molecule has 0 radical (unpaired) electrons. The first kappa shape index (κ1) is 12.8. The minimum atomic E-state index is -1.40. The number of benzene rings is 1. The summed E-state index contributed by atoms with van der Waals surface area (Å²) < 4.78 is 0. The smallest absolute Gasteiger partial charge is 0.248 e. The van der Waals surface area contributed by atoms with Crippen LogP contribution in [-0.2, 0) is 9.59 Å². The second kappa shape index (κ2) is 5.69. The van der Waals surface area contributed by atoms with Crippen LogP contribution < -0.4 is 15.3 Å². The third-order valence-corrected chi connectivity index (χ3v) is 2.00. The SMILES string of the molecule is CN(C)c1cccc(NC(=O)C=CC(=O)[O-])c1. The van der Waals surface area contributed by atoms with E-state index in [4.69, 9.17) is 0 Å². The third kappa shape index (κ3) is 4.38. The Morgan fingerprint density at radius 2 is 2.00 bits per heavy atom. The first-order valence-corrected chi connectivity index (χ1v) is 4.96. The summed E-state index contributed by atoms with van der Waals surface area (Å²) in [6.07, 6.45) is 1.60. The van der Waals surface area contributed by atoms with E-state index >= 15 is 0 Å². The highest BCUT2D eigenvalue weighted by Crippen LogP contribution is 2.17. The Morgan fingerprint density at radius 3 is 2.59 bits per heavy atom. The molecule has 0 saturated carbocycles. The van der Waals surface area contributed by atoms with Gasteiger partial charge in [-0.2, -0.15) is 0 Å². The van der Waals surface area contributed by atoms with Crippen LogP contribution in [0, 0.1) is 0 Å². The quantitative estimate of drug-likeness (QED) is 0.743. The lowest BCUT2D eigenvalue weighted by Gasteiger charge is -2.13. The van der Waals surface area contributed by atoms with E-state index in [0.717, 1.165) is 11.8 Å². The number of rotatable bonds is 4. The molecule has 1 amide bonds. The molecule has 0 fully saturated rings. The Balaban J connectivity index is 2.72. The van der Waals surface area contributed by atoms with E-state index in [-0.39, 0.29) is 0 Å². The number of nitrogens with one attached hydrogen (secondary N) is 1.